The van der Waals surface area contributed by atoms with Crippen LogP contribution in [0.3, 0.4) is 0 Å². The number of ketones is 1. The van der Waals surface area contributed by atoms with Crippen molar-refractivity contribution in [3.05, 3.63) is 30.1 Å². The van der Waals surface area contributed by atoms with Crippen LogP contribution in [0.25, 0.3) is 0 Å². The van der Waals surface area contributed by atoms with Crippen molar-refractivity contribution in [3.8, 4) is 0 Å². The molecule has 0 radical (unpaired) electrons. The summed E-state index contributed by atoms with van der Waals surface area (Å²) in [6.07, 6.45) is 9.02. The molecular weight excluding hydrogens is 513 g/mol. The number of hydrogen-bond acceptors (Lipinski definition) is 6. The molecule has 0 spiro atoms. The van der Waals surface area contributed by atoms with E-state index in [1.54, 1.807) is 22.6 Å². The van der Waals surface area contributed by atoms with E-state index in [-0.39, 0.29) is 24.7 Å². The molecule has 2 rings (SSSR count). The Morgan fingerprint density at radius 3 is 2.13 bits per heavy atom. The monoisotopic (exact) mass is 563 g/mol. The van der Waals surface area contributed by atoms with E-state index in [1.807, 2.05) is 13.8 Å². The number of β-lactam (4-membered cyclic amide) rings is 1. The Hall–Kier alpha value is -2.18. The molecule has 39 heavy (non-hydrogen) atoms. The summed E-state index contributed by atoms with van der Waals surface area (Å²) >= 11 is 0. The Labute approximate surface area is 235 Å². The van der Waals surface area contributed by atoms with Crippen molar-refractivity contribution in [3.63, 3.8) is 0 Å². The smallest absolute Gasteiger partial charge is 0.355 e. The van der Waals surface area contributed by atoms with Crippen molar-refractivity contribution in [1.82, 2.24) is 14.7 Å². The van der Waals surface area contributed by atoms with Crippen molar-refractivity contribution >= 4 is 30.0 Å². The number of aliphatic hydroxyl groups is 1. The molecule has 0 aliphatic carbocycles. The molecule has 1 N–H and O–H groups in total. The first-order chi connectivity index (χ1) is 18.6. The minimum absolute atomic E-state index is 0.00491. The Morgan fingerprint density at radius 1 is 1.13 bits per heavy atom. The van der Waals surface area contributed by atoms with Crippen LogP contribution >= 0.6 is 6.89 Å². The van der Waals surface area contributed by atoms with Crippen LogP contribution in [-0.2, 0) is 20.9 Å². The predicted octanol–water partition coefficient (Wildman–Crippen LogP) is 5.27. The van der Waals surface area contributed by atoms with Gasteiger partial charge in [-0.3, -0.25) is 14.3 Å². The van der Waals surface area contributed by atoms with Crippen LogP contribution < -0.4 is 0 Å². The highest BCUT2D eigenvalue weighted by atomic mass is 31.2. The highest BCUT2D eigenvalue weighted by Crippen LogP contribution is 2.54. The summed E-state index contributed by atoms with van der Waals surface area (Å²) in [5.41, 5.74) is 1.70. The van der Waals surface area contributed by atoms with Gasteiger partial charge in [-0.1, -0.05) is 59.6 Å². The summed E-state index contributed by atoms with van der Waals surface area (Å²) in [5.74, 6) is -1.72. The summed E-state index contributed by atoms with van der Waals surface area (Å²) in [6, 6.07) is 1.14. The predicted molar refractivity (Wildman–Crippen MR) is 160 cm³/mol. The number of ether oxygens (including phenoxy) is 1. The van der Waals surface area contributed by atoms with Gasteiger partial charge in [0.05, 0.1) is 18.1 Å². The van der Waals surface area contributed by atoms with E-state index in [0.29, 0.717) is 17.7 Å². The molecule has 0 bridgehead atoms. The molecule has 3 atom stereocenters. The van der Waals surface area contributed by atoms with Gasteiger partial charge in [0.2, 0.25) is 5.91 Å². The lowest BCUT2D eigenvalue weighted by Gasteiger charge is -2.50. The molecule has 220 valence electrons. The number of unbranched alkanes of at least 4 members (excludes halogenated alkanes) is 3. The SMILES string of the molecule is C=CCOC(=O)C(N1C(=O)[C@H]([C@@H](C)O)[C@H]1CC(=O)c1cc(C)n(CC)n1)=P(CCCC)(CCCC)CCCC. The molecule has 1 aliphatic rings. The van der Waals surface area contributed by atoms with Gasteiger partial charge in [0, 0.05) is 18.7 Å². The fraction of sp³-hybridized carbons (Fsp3) is 0.700. The third-order valence-corrected chi connectivity index (χ3v) is 12.6. The van der Waals surface area contributed by atoms with Crippen LogP contribution in [0.1, 0.15) is 95.7 Å². The lowest BCUT2D eigenvalue weighted by molar-refractivity contribution is -0.157. The molecular formula is C30H50N3O5P. The molecule has 1 aliphatic heterocycles. The fourth-order valence-electron chi connectivity index (χ4n) is 5.59. The average Bonchev–Trinajstić information content (AvgIpc) is 3.30. The first-order valence-electron chi connectivity index (χ1n) is 14.7. The van der Waals surface area contributed by atoms with E-state index in [4.69, 9.17) is 4.74 Å². The molecule has 0 aromatic carbocycles. The summed E-state index contributed by atoms with van der Waals surface area (Å²) in [7, 11) is 0. The van der Waals surface area contributed by atoms with Crippen molar-refractivity contribution in [1.29, 1.82) is 0 Å². The summed E-state index contributed by atoms with van der Waals surface area (Å²) in [6.45, 7) is 14.1. The van der Waals surface area contributed by atoms with Crippen LogP contribution in [0.2, 0.25) is 0 Å². The number of carbonyl (C=O) groups excluding carboxylic acids is 3. The highest BCUT2D eigenvalue weighted by Gasteiger charge is 2.54. The zero-order valence-electron chi connectivity index (χ0n) is 24.9. The van der Waals surface area contributed by atoms with Gasteiger partial charge in [-0.05, 0) is 64.6 Å². The zero-order chi connectivity index (χ0) is 29.2. The van der Waals surface area contributed by atoms with Gasteiger partial charge in [0.25, 0.3) is 0 Å². The number of carbonyl (C=O) groups is 3. The summed E-state index contributed by atoms with van der Waals surface area (Å²) in [4.78, 5) is 42.6. The summed E-state index contributed by atoms with van der Waals surface area (Å²) < 4.78 is 7.42. The number of Topliss-reactive ketones (excluding diaryl/α,β-unsaturated/α-hetero) is 1. The fourth-order valence-corrected chi connectivity index (χ4v) is 10.8. The first-order valence-corrected chi connectivity index (χ1v) is 17.1. The topological polar surface area (TPSA) is 102 Å². The van der Waals surface area contributed by atoms with Crippen LogP contribution in [0.15, 0.2) is 18.7 Å². The third kappa shape index (κ3) is 7.73. The standard InChI is InChI=1S/C30H50N3O5P/c1-8-13-17-39(18-14-9-2,19-15-10-3)29(30(37)38-16-11-4)33-25(27(23(7)34)28(33)36)21-26(35)24-20-22(6)32(12-5)31-24/h11,20,23,25,27,34H,4,8-10,12-19,21H2,1-3,5-7H3/t23-,25-,27-/m1/s1. The van der Waals surface area contributed by atoms with Gasteiger partial charge in [-0.15, -0.1) is 0 Å². The number of hydrogen-bond donors (Lipinski definition) is 1. The van der Waals surface area contributed by atoms with Crippen LogP contribution in [-0.4, -0.2) is 80.1 Å². The van der Waals surface area contributed by atoms with Crippen molar-refractivity contribution in [2.75, 3.05) is 25.1 Å². The molecule has 0 saturated carbocycles. The second kappa shape index (κ2) is 15.6. The number of aliphatic hydroxyl groups excluding tert-OH is 1. The Morgan fingerprint density at radius 2 is 1.69 bits per heavy atom. The molecule has 9 heteroatoms. The second-order valence-corrected chi connectivity index (χ2v) is 14.8. The number of rotatable bonds is 18. The molecule has 1 saturated heterocycles. The number of likely N-dealkylation sites (tertiary alicyclic amines) is 1. The highest BCUT2D eigenvalue weighted by molar-refractivity contribution is 7.77. The molecule has 1 aromatic rings. The van der Waals surface area contributed by atoms with E-state index in [2.05, 4.69) is 32.4 Å². The van der Waals surface area contributed by atoms with E-state index in [1.165, 1.54) is 6.08 Å². The maximum atomic E-state index is 13.8. The van der Waals surface area contributed by atoms with Gasteiger partial charge >= 0.3 is 5.97 Å². The molecule has 1 aromatic heterocycles. The molecule has 1 amide bonds. The maximum Gasteiger partial charge on any atom is 0.355 e. The Bertz CT molecular complexity index is 1030. The summed E-state index contributed by atoms with van der Waals surface area (Å²) in [5, 5.41) is 15.0. The minimum Gasteiger partial charge on any atom is -0.457 e. The zero-order valence-corrected chi connectivity index (χ0v) is 25.8. The number of amides is 1. The van der Waals surface area contributed by atoms with E-state index in [0.717, 1.165) is 62.7 Å². The van der Waals surface area contributed by atoms with Gasteiger partial charge in [-0.25, -0.2) is 4.79 Å². The first kappa shape index (κ1) is 33.0. The average molecular weight is 564 g/mol. The maximum absolute atomic E-state index is 13.8. The normalized spacial score (nSPS) is 18.0. The minimum atomic E-state index is -2.13. The van der Waals surface area contributed by atoms with Crippen LogP contribution in [0.4, 0.5) is 0 Å². The molecule has 8 nitrogen and oxygen atoms in total. The lowest BCUT2D eigenvalue weighted by atomic mass is 9.80. The van der Waals surface area contributed by atoms with Gasteiger partial charge in [-0.2, -0.15) is 5.10 Å². The van der Waals surface area contributed by atoms with Crippen LogP contribution in [0.5, 0.6) is 0 Å². The van der Waals surface area contributed by atoms with Crippen molar-refractivity contribution < 1.29 is 24.2 Å². The number of esters is 1. The lowest BCUT2D eigenvalue weighted by Crippen LogP contribution is -2.68. The van der Waals surface area contributed by atoms with Crippen molar-refractivity contribution in [2.45, 2.75) is 105 Å². The van der Waals surface area contributed by atoms with Crippen molar-refractivity contribution in [2.24, 2.45) is 5.92 Å². The quantitative estimate of drug-likeness (QED) is 0.0859. The Balaban J connectivity index is 2.70. The van der Waals surface area contributed by atoms with Crippen LogP contribution in [0, 0.1) is 12.8 Å². The largest absolute Gasteiger partial charge is 0.457 e. The Kier molecular flexibility index (Phi) is 13.2. The van der Waals surface area contributed by atoms with Gasteiger partial charge < -0.3 is 14.7 Å². The van der Waals surface area contributed by atoms with Gasteiger partial charge in [0.1, 0.15) is 17.7 Å². The van der Waals surface area contributed by atoms with E-state index in [9.17, 15) is 19.5 Å². The number of aryl methyl sites for hydroxylation is 2. The van der Waals surface area contributed by atoms with Gasteiger partial charge in [0.15, 0.2) is 5.78 Å². The number of aromatic nitrogens is 2. The number of nitrogens with zero attached hydrogens (tertiary/aromatic N) is 3. The van der Waals surface area contributed by atoms with E-state index >= 15 is 0 Å². The second-order valence-electron chi connectivity index (χ2n) is 10.7. The molecule has 2 heterocycles. The molecule has 0 unspecified atom stereocenters. The molecule has 1 fully saturated rings. The van der Waals surface area contributed by atoms with E-state index < -0.39 is 30.9 Å². The third-order valence-electron chi connectivity index (χ3n) is 7.76.